The molecule has 0 N–H and O–H groups in total. The maximum absolute atomic E-state index is 5.90. The number of ether oxygens (including phenoxy) is 1. The summed E-state index contributed by atoms with van der Waals surface area (Å²) in [5.74, 6) is 2.88. The molecule has 1 nitrogen and oxygen atoms in total. The van der Waals surface area contributed by atoms with Crippen LogP contribution in [0.4, 0.5) is 0 Å². The first-order valence-electron chi connectivity index (χ1n) is 11.9. The Kier molecular flexibility index (Phi) is 6.80. The van der Waals surface area contributed by atoms with Gasteiger partial charge in [0.05, 0.1) is 7.11 Å². The summed E-state index contributed by atoms with van der Waals surface area (Å²) in [7, 11) is 1.82. The van der Waals surface area contributed by atoms with Crippen LogP contribution in [0.15, 0.2) is 60.7 Å². The van der Waals surface area contributed by atoms with Crippen molar-refractivity contribution in [3.05, 3.63) is 77.4 Å². The van der Waals surface area contributed by atoms with Crippen molar-refractivity contribution < 1.29 is 4.74 Å². The van der Waals surface area contributed by atoms with E-state index in [9.17, 15) is 0 Å². The molecule has 162 valence electrons. The summed E-state index contributed by atoms with van der Waals surface area (Å²) in [6.07, 6.45) is 8.00. The second-order valence-electron chi connectivity index (χ2n) is 9.54. The number of benzene rings is 3. The average molecular weight is 413 g/mol. The molecule has 0 bridgehead atoms. The summed E-state index contributed by atoms with van der Waals surface area (Å²) in [5, 5.41) is 0. The highest BCUT2D eigenvalue weighted by Crippen LogP contribution is 2.37. The van der Waals surface area contributed by atoms with Gasteiger partial charge in [-0.1, -0.05) is 98.8 Å². The normalized spacial score (nSPS) is 18.7. The van der Waals surface area contributed by atoms with Crippen molar-refractivity contribution in [2.45, 2.75) is 59.3 Å². The van der Waals surface area contributed by atoms with E-state index in [1.165, 1.54) is 71.0 Å². The van der Waals surface area contributed by atoms with E-state index < -0.39 is 0 Å². The zero-order valence-corrected chi connectivity index (χ0v) is 19.6. The summed E-state index contributed by atoms with van der Waals surface area (Å²) in [5.41, 5.74) is 8.94. The van der Waals surface area contributed by atoms with Gasteiger partial charge in [-0.3, -0.25) is 0 Å². The minimum Gasteiger partial charge on any atom is -0.496 e. The molecule has 0 aromatic heterocycles. The molecule has 3 aromatic rings. The summed E-state index contributed by atoms with van der Waals surface area (Å²) >= 11 is 0. The minimum atomic E-state index is 0.884. The van der Waals surface area contributed by atoms with E-state index in [4.69, 9.17) is 4.74 Å². The van der Waals surface area contributed by atoms with Crippen LogP contribution in [-0.2, 0) is 6.42 Å². The van der Waals surface area contributed by atoms with E-state index >= 15 is 0 Å². The van der Waals surface area contributed by atoms with E-state index in [-0.39, 0.29) is 0 Å². The van der Waals surface area contributed by atoms with E-state index in [2.05, 4.69) is 81.4 Å². The van der Waals surface area contributed by atoms with Crippen LogP contribution in [0.2, 0.25) is 0 Å². The van der Waals surface area contributed by atoms with Crippen LogP contribution >= 0.6 is 0 Å². The number of hydrogen-bond donors (Lipinski definition) is 0. The summed E-state index contributed by atoms with van der Waals surface area (Å²) in [6.45, 7) is 6.73. The topological polar surface area (TPSA) is 9.23 Å². The largest absolute Gasteiger partial charge is 0.496 e. The monoisotopic (exact) mass is 412 g/mol. The molecule has 0 heterocycles. The zero-order chi connectivity index (χ0) is 21.8. The van der Waals surface area contributed by atoms with Crippen molar-refractivity contribution in [2.75, 3.05) is 7.11 Å². The lowest BCUT2D eigenvalue weighted by atomic mass is 9.80. The Morgan fingerprint density at radius 2 is 1.32 bits per heavy atom. The minimum absolute atomic E-state index is 0.884. The number of rotatable bonds is 6. The quantitative estimate of drug-likeness (QED) is 0.395. The fourth-order valence-corrected chi connectivity index (χ4v) is 5.11. The molecular formula is C30H36O. The van der Waals surface area contributed by atoms with Gasteiger partial charge in [0.15, 0.2) is 0 Å². The van der Waals surface area contributed by atoms with Crippen molar-refractivity contribution in [1.29, 1.82) is 0 Å². The molecule has 1 saturated carbocycles. The molecule has 0 atom stereocenters. The predicted molar refractivity (Wildman–Crippen MR) is 133 cm³/mol. The van der Waals surface area contributed by atoms with Crippen molar-refractivity contribution in [3.63, 3.8) is 0 Å². The maximum Gasteiger partial charge on any atom is 0.125 e. The lowest BCUT2D eigenvalue weighted by Crippen LogP contribution is -2.13. The molecule has 1 aliphatic carbocycles. The van der Waals surface area contributed by atoms with Gasteiger partial charge in [0.1, 0.15) is 5.75 Å². The van der Waals surface area contributed by atoms with Crippen LogP contribution in [0.3, 0.4) is 0 Å². The fourth-order valence-electron chi connectivity index (χ4n) is 5.11. The van der Waals surface area contributed by atoms with Crippen molar-refractivity contribution in [2.24, 2.45) is 11.8 Å². The first-order chi connectivity index (χ1) is 15.0. The molecule has 0 amide bonds. The molecule has 31 heavy (non-hydrogen) atoms. The molecule has 1 heteroatoms. The summed E-state index contributed by atoms with van der Waals surface area (Å²) < 4.78 is 5.90. The first-order valence-corrected chi connectivity index (χ1v) is 11.9. The van der Waals surface area contributed by atoms with Gasteiger partial charge in [-0.25, -0.2) is 0 Å². The van der Waals surface area contributed by atoms with Gasteiger partial charge in [0.2, 0.25) is 0 Å². The summed E-state index contributed by atoms with van der Waals surface area (Å²) in [4.78, 5) is 0. The predicted octanol–water partition coefficient (Wildman–Crippen LogP) is 8.40. The van der Waals surface area contributed by atoms with E-state index in [0.29, 0.717) is 0 Å². The SMILES string of the molecule is COc1c(CCC2CCC(C)CC2)ccc(-c2ccc(-c3ccc(C)cc3)cc2)c1C. The van der Waals surface area contributed by atoms with Gasteiger partial charge in [0, 0.05) is 0 Å². The molecule has 0 aliphatic heterocycles. The Hall–Kier alpha value is -2.54. The Balaban J connectivity index is 1.51. The molecule has 1 aliphatic rings. The van der Waals surface area contributed by atoms with E-state index in [1.54, 1.807) is 0 Å². The lowest BCUT2D eigenvalue weighted by Gasteiger charge is -2.26. The van der Waals surface area contributed by atoms with Gasteiger partial charge < -0.3 is 4.74 Å². The highest BCUT2D eigenvalue weighted by Gasteiger charge is 2.19. The fraction of sp³-hybridized carbons (Fsp3) is 0.400. The third kappa shape index (κ3) is 5.03. The number of hydrogen-bond acceptors (Lipinski definition) is 1. The standard InChI is InChI=1S/C30H36O/c1-21-5-9-24(10-6-21)11-14-28-19-20-29(23(3)30(28)31-4)27-17-15-26(16-18-27)25-12-7-22(2)8-13-25/h7-8,12-13,15-21,24H,5-6,9-11,14H2,1-4H3. The van der Waals surface area contributed by atoms with Crippen LogP contribution in [-0.4, -0.2) is 7.11 Å². The number of methoxy groups -OCH3 is 1. The Labute approximate surface area is 188 Å². The van der Waals surface area contributed by atoms with Crippen LogP contribution in [0.5, 0.6) is 5.75 Å². The Morgan fingerprint density at radius 3 is 1.94 bits per heavy atom. The molecule has 0 spiro atoms. The molecule has 0 unspecified atom stereocenters. The zero-order valence-electron chi connectivity index (χ0n) is 19.6. The summed E-state index contributed by atoms with van der Waals surface area (Å²) in [6, 6.07) is 22.2. The van der Waals surface area contributed by atoms with Gasteiger partial charge in [0.25, 0.3) is 0 Å². The molecule has 3 aromatic carbocycles. The van der Waals surface area contributed by atoms with E-state index in [0.717, 1.165) is 24.0 Å². The third-order valence-corrected chi connectivity index (χ3v) is 7.23. The molecular weight excluding hydrogens is 376 g/mol. The van der Waals surface area contributed by atoms with Gasteiger partial charge >= 0.3 is 0 Å². The molecule has 0 radical (unpaired) electrons. The third-order valence-electron chi connectivity index (χ3n) is 7.23. The Bertz CT molecular complexity index is 990. The van der Waals surface area contributed by atoms with Crippen LogP contribution in [0.1, 0.15) is 55.7 Å². The van der Waals surface area contributed by atoms with Gasteiger partial charge in [-0.2, -0.15) is 0 Å². The molecule has 4 rings (SSSR count). The van der Waals surface area contributed by atoms with Crippen molar-refractivity contribution in [3.8, 4) is 28.0 Å². The van der Waals surface area contributed by atoms with Crippen molar-refractivity contribution >= 4 is 0 Å². The van der Waals surface area contributed by atoms with Gasteiger partial charge in [-0.15, -0.1) is 0 Å². The van der Waals surface area contributed by atoms with Crippen molar-refractivity contribution in [1.82, 2.24) is 0 Å². The van der Waals surface area contributed by atoms with Crippen LogP contribution in [0, 0.1) is 25.7 Å². The average Bonchev–Trinajstić information content (AvgIpc) is 2.79. The second-order valence-corrected chi connectivity index (χ2v) is 9.54. The smallest absolute Gasteiger partial charge is 0.125 e. The highest BCUT2D eigenvalue weighted by molar-refractivity contribution is 5.74. The highest BCUT2D eigenvalue weighted by atomic mass is 16.5. The van der Waals surface area contributed by atoms with E-state index in [1.807, 2.05) is 7.11 Å². The van der Waals surface area contributed by atoms with Crippen LogP contribution < -0.4 is 4.74 Å². The lowest BCUT2D eigenvalue weighted by molar-refractivity contribution is 0.277. The molecule has 1 fully saturated rings. The number of aryl methyl sites for hydroxylation is 2. The van der Waals surface area contributed by atoms with Gasteiger partial charge in [-0.05, 0) is 71.9 Å². The molecule has 0 saturated heterocycles. The first kappa shape index (κ1) is 21.7. The second kappa shape index (κ2) is 9.73. The van der Waals surface area contributed by atoms with Crippen LogP contribution in [0.25, 0.3) is 22.3 Å². The Morgan fingerprint density at radius 1 is 0.742 bits per heavy atom. The maximum atomic E-state index is 5.90.